The highest BCUT2D eigenvalue weighted by Crippen LogP contribution is 2.43. The maximum atomic E-state index is 13.1. The van der Waals surface area contributed by atoms with Crippen molar-refractivity contribution in [2.75, 3.05) is 26.5 Å². The van der Waals surface area contributed by atoms with E-state index in [1.807, 2.05) is 121 Å². The predicted octanol–water partition coefficient (Wildman–Crippen LogP) is 7.28. The molecule has 1 amide bonds. The molecule has 4 aromatic carbocycles. The second kappa shape index (κ2) is 19.1. The number of amides is 1. The fraction of sp³-hybridized carbons (Fsp3) is 0.324. The molecule has 0 aliphatic heterocycles. The lowest BCUT2D eigenvalue weighted by atomic mass is 10.0. The number of carbonyl (C=O) groups excluding carboxylic acids is 1. The van der Waals surface area contributed by atoms with Crippen LogP contribution in [-0.4, -0.2) is 56.3 Å². The van der Waals surface area contributed by atoms with Gasteiger partial charge in [-0.15, -0.1) is 0 Å². The maximum absolute atomic E-state index is 13.1. The van der Waals surface area contributed by atoms with Gasteiger partial charge in [0.2, 0.25) is 6.41 Å². The first-order valence-corrected chi connectivity index (χ1v) is 17.7. The lowest BCUT2D eigenvalue weighted by molar-refractivity contribution is -0.208. The Morgan fingerprint density at radius 2 is 1.04 bits per heavy atom. The van der Waals surface area contributed by atoms with E-state index in [0.29, 0.717) is 19.4 Å². The fourth-order valence-electron chi connectivity index (χ4n) is 4.86. The highest BCUT2D eigenvalue weighted by Gasteiger charge is 2.35. The summed E-state index contributed by atoms with van der Waals surface area (Å²) in [6, 6.07) is 39.2. The van der Waals surface area contributed by atoms with Crippen molar-refractivity contribution in [1.82, 2.24) is 5.06 Å². The summed E-state index contributed by atoms with van der Waals surface area (Å²) in [5, 5.41) is 1.25. The first-order chi connectivity index (χ1) is 22.5. The fourth-order valence-corrected chi connectivity index (χ4v) is 5.76. The Morgan fingerprint density at radius 3 is 1.48 bits per heavy atom. The monoisotopic (exact) mass is 645 g/mol. The topological polar surface area (TPSA) is 83.5 Å². The number of benzene rings is 4. The molecule has 0 heterocycles. The number of ether oxygens (including phenoxy) is 3. The Morgan fingerprint density at radius 1 is 0.630 bits per heavy atom. The van der Waals surface area contributed by atoms with Crippen molar-refractivity contribution < 1.29 is 32.9 Å². The summed E-state index contributed by atoms with van der Waals surface area (Å²) in [4.78, 5) is 18.3. The van der Waals surface area contributed by atoms with Crippen molar-refractivity contribution in [1.29, 1.82) is 0 Å². The Labute approximate surface area is 272 Å². The van der Waals surface area contributed by atoms with E-state index in [1.54, 1.807) is 6.66 Å². The van der Waals surface area contributed by atoms with Crippen LogP contribution in [0.25, 0.3) is 0 Å². The molecule has 46 heavy (non-hydrogen) atoms. The smallest absolute Gasteiger partial charge is 0.233 e. The van der Waals surface area contributed by atoms with Crippen molar-refractivity contribution in [3.8, 4) is 0 Å². The number of carbonyl (C=O) groups is 1. The predicted molar refractivity (Wildman–Crippen MR) is 179 cm³/mol. The van der Waals surface area contributed by atoms with Crippen LogP contribution in [0.2, 0.25) is 0 Å². The molecule has 4 atom stereocenters. The molecule has 0 aliphatic carbocycles. The zero-order valence-electron chi connectivity index (χ0n) is 26.6. The van der Waals surface area contributed by atoms with Crippen molar-refractivity contribution in [3.63, 3.8) is 0 Å². The lowest BCUT2D eigenvalue weighted by Gasteiger charge is -2.35. The van der Waals surface area contributed by atoms with Gasteiger partial charge in [0.25, 0.3) is 0 Å². The van der Waals surface area contributed by atoms with Crippen LogP contribution in [0, 0.1) is 0 Å². The molecule has 0 saturated carbocycles. The van der Waals surface area contributed by atoms with E-state index in [-0.39, 0.29) is 32.5 Å². The Bertz CT molecular complexity index is 1440. The molecule has 9 heteroatoms. The van der Waals surface area contributed by atoms with Crippen molar-refractivity contribution >= 4 is 13.8 Å². The highest BCUT2D eigenvalue weighted by atomic mass is 31.2. The molecule has 0 N–H and O–H groups in total. The molecule has 244 valence electrons. The molecule has 0 spiro atoms. The minimum absolute atomic E-state index is 0.0713. The molecule has 1 unspecified atom stereocenters. The van der Waals surface area contributed by atoms with E-state index in [2.05, 4.69) is 0 Å². The first kappa shape index (κ1) is 35.2. The Kier molecular flexibility index (Phi) is 14.7. The van der Waals surface area contributed by atoms with Gasteiger partial charge in [0, 0.05) is 19.9 Å². The van der Waals surface area contributed by atoms with Crippen LogP contribution in [0.5, 0.6) is 0 Å². The molecule has 0 saturated heterocycles. The molecular weight excluding hydrogens is 601 g/mol. The summed E-state index contributed by atoms with van der Waals surface area (Å²) in [6.45, 7) is 2.77. The molecule has 8 nitrogen and oxygen atoms in total. The van der Waals surface area contributed by atoms with Gasteiger partial charge in [-0.2, -0.15) is 0 Å². The van der Waals surface area contributed by atoms with Gasteiger partial charge in [-0.1, -0.05) is 121 Å². The van der Waals surface area contributed by atoms with Crippen LogP contribution in [-0.2, 0) is 59.4 Å². The van der Waals surface area contributed by atoms with Gasteiger partial charge in [-0.05, 0) is 28.7 Å². The van der Waals surface area contributed by atoms with Crippen LogP contribution in [0.4, 0.5) is 0 Å². The summed E-state index contributed by atoms with van der Waals surface area (Å²) in [6.07, 6.45) is -0.597. The first-order valence-electron chi connectivity index (χ1n) is 15.4. The summed E-state index contributed by atoms with van der Waals surface area (Å²) < 4.78 is 38.2. The van der Waals surface area contributed by atoms with E-state index in [1.165, 1.54) is 12.2 Å². The number of hydrogen-bond donors (Lipinski definition) is 0. The van der Waals surface area contributed by atoms with E-state index in [0.717, 1.165) is 22.3 Å². The van der Waals surface area contributed by atoms with E-state index in [4.69, 9.17) is 23.6 Å². The lowest BCUT2D eigenvalue weighted by Crippen LogP contribution is -2.48. The summed E-state index contributed by atoms with van der Waals surface area (Å²) >= 11 is 0. The van der Waals surface area contributed by atoms with Crippen LogP contribution in [0.3, 0.4) is 0 Å². The zero-order valence-corrected chi connectivity index (χ0v) is 27.5. The van der Waals surface area contributed by atoms with Crippen molar-refractivity contribution in [2.45, 2.75) is 51.2 Å². The van der Waals surface area contributed by atoms with Gasteiger partial charge in [-0.3, -0.25) is 14.2 Å². The van der Waals surface area contributed by atoms with E-state index >= 15 is 0 Å². The average molecular weight is 646 g/mol. The molecule has 4 aromatic rings. The largest absolute Gasteiger partial charge is 0.371 e. The van der Waals surface area contributed by atoms with Crippen LogP contribution in [0.15, 0.2) is 121 Å². The molecule has 4 rings (SSSR count). The number of hydrogen-bond acceptors (Lipinski definition) is 7. The second-order valence-corrected chi connectivity index (χ2v) is 13.9. The van der Waals surface area contributed by atoms with Crippen molar-refractivity contribution in [3.05, 3.63) is 144 Å². The molecule has 0 aliphatic rings. The molecule has 0 aromatic heterocycles. The molecule has 0 bridgehead atoms. The average Bonchev–Trinajstić information content (AvgIpc) is 3.11. The van der Waals surface area contributed by atoms with E-state index in [9.17, 15) is 9.36 Å². The summed E-state index contributed by atoms with van der Waals surface area (Å²) in [5.41, 5.74) is 3.86. The highest BCUT2D eigenvalue weighted by molar-refractivity contribution is 7.58. The molecule has 0 radical (unpaired) electrons. The molecule has 0 fully saturated rings. The normalized spacial score (nSPS) is 14.6. The van der Waals surface area contributed by atoms with Crippen LogP contribution in [0.1, 0.15) is 28.7 Å². The minimum Gasteiger partial charge on any atom is -0.371 e. The Hall–Kier alpha value is -3.62. The third-order valence-corrected chi connectivity index (χ3v) is 9.40. The molecular formula is C37H44NO7P. The third-order valence-electron chi connectivity index (χ3n) is 7.56. The number of nitrogens with zero attached hydrogens (tertiary/aromatic N) is 1. The summed E-state index contributed by atoms with van der Waals surface area (Å²) in [5.74, 6) is 0. The number of rotatable bonds is 21. The van der Waals surface area contributed by atoms with Gasteiger partial charge in [0.05, 0.1) is 32.5 Å². The van der Waals surface area contributed by atoms with Gasteiger partial charge in [0.1, 0.15) is 18.8 Å². The van der Waals surface area contributed by atoms with E-state index < -0.39 is 25.7 Å². The van der Waals surface area contributed by atoms with Crippen molar-refractivity contribution in [2.24, 2.45) is 0 Å². The number of hydroxylamine groups is 2. The summed E-state index contributed by atoms with van der Waals surface area (Å²) in [7, 11) is -1.42. The minimum atomic E-state index is -2.88. The third kappa shape index (κ3) is 12.3. The standard InChI is InChI=1S/C37H44NO7P/c1-41-46(2,40)24-23-35(42-26-31-15-7-3-8-16-31)37(44-28-33-19-11-5-12-20-33)36(43-27-32-17-9-4-10-18-32)25-38(30-39)45-29-34-21-13-6-14-22-34/h3-22,30,35-37H,23-29H2,1-2H3/t35-,36-,37-,46?/m1/s1. The zero-order chi connectivity index (χ0) is 32.5. The Balaban J connectivity index is 1.64. The second-order valence-electron chi connectivity index (χ2n) is 11.1. The SMILES string of the molecule is COP(C)(=O)CC[C@@H](OCc1ccccc1)[C@@H](OCc1ccccc1)[C@@H](CN(C=O)OCc1ccccc1)OCc1ccccc1. The van der Waals surface area contributed by atoms with Gasteiger partial charge < -0.3 is 18.7 Å². The quantitative estimate of drug-likeness (QED) is 0.0535. The van der Waals surface area contributed by atoms with Gasteiger partial charge >= 0.3 is 0 Å². The van der Waals surface area contributed by atoms with Crippen LogP contribution < -0.4 is 0 Å². The van der Waals surface area contributed by atoms with Gasteiger partial charge in [-0.25, -0.2) is 5.06 Å². The van der Waals surface area contributed by atoms with Gasteiger partial charge in [0.15, 0.2) is 7.37 Å². The maximum Gasteiger partial charge on any atom is 0.233 e. The van der Waals surface area contributed by atoms with Crippen LogP contribution >= 0.6 is 7.37 Å².